The zero-order valence-corrected chi connectivity index (χ0v) is 12.2. The highest BCUT2D eigenvalue weighted by Crippen LogP contribution is 2.22. The predicted octanol–water partition coefficient (Wildman–Crippen LogP) is 2.35. The Bertz CT molecular complexity index is 867. The Morgan fingerprint density at radius 3 is 2.90 bits per heavy atom. The molecule has 0 aliphatic heterocycles. The molecule has 21 heavy (non-hydrogen) atoms. The third kappa shape index (κ3) is 2.46. The lowest BCUT2D eigenvalue weighted by Crippen LogP contribution is -2.24. The smallest absolute Gasteiger partial charge is 0.263 e. The van der Waals surface area contributed by atoms with Crippen LogP contribution in [0.15, 0.2) is 35.1 Å². The number of rotatable bonds is 3. The quantitative estimate of drug-likeness (QED) is 0.780. The first-order valence-electron chi connectivity index (χ1n) is 6.57. The predicted molar refractivity (Wildman–Crippen MR) is 82.6 cm³/mol. The second kappa shape index (κ2) is 5.35. The molecule has 0 fully saturated rings. The van der Waals surface area contributed by atoms with Crippen LogP contribution in [-0.4, -0.2) is 26.2 Å². The summed E-state index contributed by atoms with van der Waals surface area (Å²) in [5.74, 6) is 0.492. The second-order valence-electron chi connectivity index (χ2n) is 4.84. The molecule has 0 aliphatic rings. The van der Waals surface area contributed by atoms with E-state index in [0.717, 1.165) is 11.3 Å². The van der Waals surface area contributed by atoms with E-state index in [2.05, 4.69) is 9.97 Å². The molecule has 5 nitrogen and oxygen atoms in total. The van der Waals surface area contributed by atoms with Gasteiger partial charge in [-0.3, -0.25) is 9.36 Å². The minimum atomic E-state index is -0.173. The SMILES string of the molecule is Cc1cc2c(=O)n(CCO)c(-c3cccc(Cl)c3)nc2[nH]1. The van der Waals surface area contributed by atoms with Gasteiger partial charge in [-0.05, 0) is 25.1 Å². The van der Waals surface area contributed by atoms with Crippen LogP contribution in [0.4, 0.5) is 0 Å². The maximum atomic E-state index is 12.6. The maximum absolute atomic E-state index is 12.6. The fourth-order valence-corrected chi connectivity index (χ4v) is 2.58. The van der Waals surface area contributed by atoms with Gasteiger partial charge in [-0.1, -0.05) is 23.7 Å². The average Bonchev–Trinajstić information content (AvgIpc) is 2.83. The number of nitrogens with one attached hydrogen (secondary N) is 1. The van der Waals surface area contributed by atoms with E-state index in [1.54, 1.807) is 24.3 Å². The number of nitrogens with zero attached hydrogens (tertiary/aromatic N) is 2. The molecule has 0 saturated carbocycles. The Morgan fingerprint density at radius 1 is 1.38 bits per heavy atom. The Morgan fingerprint density at radius 2 is 2.19 bits per heavy atom. The molecule has 108 valence electrons. The number of H-pyrrole nitrogens is 1. The van der Waals surface area contributed by atoms with Gasteiger partial charge in [0, 0.05) is 16.3 Å². The zero-order chi connectivity index (χ0) is 15.0. The van der Waals surface area contributed by atoms with E-state index in [9.17, 15) is 9.90 Å². The molecule has 2 N–H and O–H groups in total. The first-order chi connectivity index (χ1) is 10.1. The van der Waals surface area contributed by atoms with Crippen LogP contribution in [0.2, 0.25) is 5.02 Å². The molecular weight excluding hydrogens is 290 g/mol. The van der Waals surface area contributed by atoms with E-state index in [1.165, 1.54) is 4.57 Å². The number of benzene rings is 1. The highest BCUT2D eigenvalue weighted by atomic mass is 35.5. The van der Waals surface area contributed by atoms with Gasteiger partial charge in [0.1, 0.15) is 11.5 Å². The molecule has 3 rings (SSSR count). The van der Waals surface area contributed by atoms with Crippen LogP contribution in [0.1, 0.15) is 5.69 Å². The number of halogens is 1. The monoisotopic (exact) mass is 303 g/mol. The van der Waals surface area contributed by atoms with Crippen LogP contribution in [0.25, 0.3) is 22.4 Å². The molecule has 0 amide bonds. The fraction of sp³-hybridized carbons (Fsp3) is 0.200. The Balaban J connectivity index is 2.34. The van der Waals surface area contributed by atoms with Crippen LogP contribution in [0.3, 0.4) is 0 Å². The van der Waals surface area contributed by atoms with Gasteiger partial charge in [-0.25, -0.2) is 4.98 Å². The van der Waals surface area contributed by atoms with Gasteiger partial charge in [0.2, 0.25) is 0 Å². The van der Waals surface area contributed by atoms with Crippen molar-refractivity contribution in [1.29, 1.82) is 0 Å². The third-order valence-electron chi connectivity index (χ3n) is 3.29. The first kappa shape index (κ1) is 13.9. The summed E-state index contributed by atoms with van der Waals surface area (Å²) >= 11 is 6.01. The maximum Gasteiger partial charge on any atom is 0.263 e. The summed E-state index contributed by atoms with van der Waals surface area (Å²) in [6.07, 6.45) is 0. The molecule has 1 aromatic carbocycles. The fourth-order valence-electron chi connectivity index (χ4n) is 2.39. The van der Waals surface area contributed by atoms with Gasteiger partial charge in [0.25, 0.3) is 5.56 Å². The number of aromatic nitrogens is 3. The number of aliphatic hydroxyl groups is 1. The summed E-state index contributed by atoms with van der Waals surface area (Å²) in [7, 11) is 0. The van der Waals surface area contributed by atoms with Gasteiger partial charge in [0.15, 0.2) is 0 Å². The Labute approximate surface area is 125 Å². The van der Waals surface area contributed by atoms with Gasteiger partial charge >= 0.3 is 0 Å². The normalized spacial score (nSPS) is 11.2. The molecule has 6 heteroatoms. The van der Waals surface area contributed by atoms with Crippen molar-refractivity contribution in [2.45, 2.75) is 13.5 Å². The van der Waals surface area contributed by atoms with Gasteiger partial charge in [0.05, 0.1) is 18.5 Å². The zero-order valence-electron chi connectivity index (χ0n) is 11.4. The Hall–Kier alpha value is -2.11. The van der Waals surface area contributed by atoms with Crippen molar-refractivity contribution < 1.29 is 5.11 Å². The van der Waals surface area contributed by atoms with Crippen LogP contribution in [0.5, 0.6) is 0 Å². The number of aryl methyl sites for hydroxylation is 1. The largest absolute Gasteiger partial charge is 0.395 e. The van der Waals surface area contributed by atoms with Crippen molar-refractivity contribution >= 4 is 22.6 Å². The molecule has 0 atom stereocenters. The van der Waals surface area contributed by atoms with E-state index in [4.69, 9.17) is 11.6 Å². The number of fused-ring (bicyclic) bond motifs is 1. The van der Waals surface area contributed by atoms with Crippen molar-refractivity contribution in [2.75, 3.05) is 6.61 Å². The third-order valence-corrected chi connectivity index (χ3v) is 3.52. The molecule has 3 aromatic rings. The lowest BCUT2D eigenvalue weighted by atomic mass is 10.2. The summed E-state index contributed by atoms with van der Waals surface area (Å²) in [6.45, 7) is 1.93. The summed E-state index contributed by atoms with van der Waals surface area (Å²) < 4.78 is 1.47. The topological polar surface area (TPSA) is 70.9 Å². The number of aromatic amines is 1. The van der Waals surface area contributed by atoms with E-state index < -0.39 is 0 Å². The van der Waals surface area contributed by atoms with Crippen molar-refractivity contribution in [2.24, 2.45) is 0 Å². The van der Waals surface area contributed by atoms with E-state index in [0.29, 0.717) is 21.9 Å². The summed E-state index contributed by atoms with van der Waals surface area (Å²) in [5.41, 5.74) is 1.98. The molecule has 0 spiro atoms. The highest BCUT2D eigenvalue weighted by molar-refractivity contribution is 6.30. The van der Waals surface area contributed by atoms with Crippen LogP contribution in [-0.2, 0) is 6.54 Å². The van der Waals surface area contributed by atoms with E-state index in [1.807, 2.05) is 13.0 Å². The second-order valence-corrected chi connectivity index (χ2v) is 5.28. The summed E-state index contributed by atoms with van der Waals surface area (Å²) in [5, 5.41) is 10.3. The highest BCUT2D eigenvalue weighted by Gasteiger charge is 2.14. The lowest BCUT2D eigenvalue weighted by molar-refractivity contribution is 0.274. The standard InChI is InChI=1S/C15H14ClN3O2/c1-9-7-12-13(17-9)18-14(19(5-6-20)15(12)21)10-3-2-4-11(16)8-10/h2-4,7-8,17,20H,5-6H2,1H3. The van der Waals surface area contributed by atoms with Crippen LogP contribution < -0.4 is 5.56 Å². The number of aliphatic hydroxyl groups excluding tert-OH is 1. The van der Waals surface area contributed by atoms with Crippen molar-refractivity contribution in [1.82, 2.24) is 14.5 Å². The van der Waals surface area contributed by atoms with Gasteiger partial charge < -0.3 is 10.1 Å². The van der Waals surface area contributed by atoms with Gasteiger partial charge in [-0.2, -0.15) is 0 Å². The van der Waals surface area contributed by atoms with Crippen molar-refractivity contribution in [3.63, 3.8) is 0 Å². The molecule has 0 unspecified atom stereocenters. The molecule has 2 heterocycles. The van der Waals surface area contributed by atoms with Crippen molar-refractivity contribution in [3.8, 4) is 11.4 Å². The van der Waals surface area contributed by atoms with Crippen LogP contribution >= 0.6 is 11.6 Å². The minimum absolute atomic E-state index is 0.135. The molecule has 0 radical (unpaired) electrons. The first-order valence-corrected chi connectivity index (χ1v) is 6.95. The Kier molecular flexibility index (Phi) is 3.53. The number of hydrogen-bond donors (Lipinski definition) is 2. The minimum Gasteiger partial charge on any atom is -0.395 e. The summed E-state index contributed by atoms with van der Waals surface area (Å²) in [4.78, 5) is 20.2. The number of hydrogen-bond acceptors (Lipinski definition) is 3. The van der Waals surface area contributed by atoms with Gasteiger partial charge in [-0.15, -0.1) is 0 Å². The molecule has 0 saturated heterocycles. The molecule has 0 aliphatic carbocycles. The van der Waals surface area contributed by atoms with E-state index in [-0.39, 0.29) is 18.7 Å². The van der Waals surface area contributed by atoms with Crippen molar-refractivity contribution in [3.05, 3.63) is 51.4 Å². The molecule has 0 bridgehead atoms. The summed E-state index contributed by atoms with van der Waals surface area (Å²) in [6, 6.07) is 8.91. The van der Waals surface area contributed by atoms with Crippen LogP contribution in [0, 0.1) is 6.92 Å². The lowest BCUT2D eigenvalue weighted by Gasteiger charge is -2.11. The average molecular weight is 304 g/mol. The molecular formula is C15H14ClN3O2. The van der Waals surface area contributed by atoms with E-state index >= 15 is 0 Å². The molecule has 2 aromatic heterocycles.